The molecule has 4 nitrogen and oxygen atoms in total. The topological polar surface area (TPSA) is 31.4 Å². The van der Waals surface area contributed by atoms with Crippen molar-refractivity contribution < 1.29 is 0 Å². The molecule has 0 amide bonds. The lowest BCUT2D eigenvalue weighted by atomic mass is 10.2. The summed E-state index contributed by atoms with van der Waals surface area (Å²) in [5.41, 5.74) is 1.11. The molecular weight excluding hydrogens is 248 g/mol. The van der Waals surface area contributed by atoms with Gasteiger partial charge in [-0.25, -0.2) is 4.98 Å². The van der Waals surface area contributed by atoms with Crippen LogP contribution in [0.5, 0.6) is 0 Å². The van der Waals surface area contributed by atoms with Gasteiger partial charge in [-0.05, 0) is 25.2 Å². The number of halogens is 1. The van der Waals surface area contributed by atoms with Crippen molar-refractivity contribution in [2.75, 3.05) is 44.7 Å². The molecule has 0 bridgehead atoms. The highest BCUT2D eigenvalue weighted by Gasteiger charge is 2.17. The van der Waals surface area contributed by atoms with Gasteiger partial charge in [-0.1, -0.05) is 18.5 Å². The van der Waals surface area contributed by atoms with Gasteiger partial charge in [0.25, 0.3) is 0 Å². The summed E-state index contributed by atoms with van der Waals surface area (Å²) < 4.78 is 0. The van der Waals surface area contributed by atoms with Crippen LogP contribution in [0, 0.1) is 0 Å². The van der Waals surface area contributed by atoms with Gasteiger partial charge in [-0.2, -0.15) is 0 Å². The van der Waals surface area contributed by atoms with Crippen molar-refractivity contribution in [3.63, 3.8) is 0 Å². The molecule has 1 fully saturated rings. The molecule has 0 unspecified atom stereocenters. The van der Waals surface area contributed by atoms with Crippen LogP contribution >= 0.6 is 11.6 Å². The van der Waals surface area contributed by atoms with Gasteiger partial charge >= 0.3 is 0 Å². The van der Waals surface area contributed by atoms with Gasteiger partial charge in [0.05, 0.1) is 5.02 Å². The summed E-state index contributed by atoms with van der Waals surface area (Å²) in [7, 11) is 1.93. The minimum atomic E-state index is 0.736. The first kappa shape index (κ1) is 13.6. The van der Waals surface area contributed by atoms with E-state index in [2.05, 4.69) is 33.1 Å². The molecule has 18 heavy (non-hydrogen) atoms. The third kappa shape index (κ3) is 3.13. The highest BCUT2D eigenvalue weighted by molar-refractivity contribution is 6.31. The summed E-state index contributed by atoms with van der Waals surface area (Å²) >= 11 is 6.13. The fourth-order valence-electron chi connectivity index (χ4n) is 2.26. The lowest BCUT2D eigenvalue weighted by Crippen LogP contribution is -2.46. The molecule has 1 aliphatic heterocycles. The summed E-state index contributed by atoms with van der Waals surface area (Å²) in [5.74, 6) is 1.04. The maximum Gasteiger partial charge on any atom is 0.128 e. The Labute approximate surface area is 114 Å². The van der Waals surface area contributed by atoms with E-state index in [4.69, 9.17) is 11.6 Å². The third-order valence-corrected chi connectivity index (χ3v) is 3.77. The average Bonchev–Trinajstić information content (AvgIpc) is 2.42. The molecule has 100 valence electrons. The molecule has 0 spiro atoms. The van der Waals surface area contributed by atoms with Crippen molar-refractivity contribution >= 4 is 17.4 Å². The number of hydrogen-bond acceptors (Lipinski definition) is 4. The third-order valence-electron chi connectivity index (χ3n) is 3.43. The summed E-state index contributed by atoms with van der Waals surface area (Å²) in [5, 5.41) is 3.87. The van der Waals surface area contributed by atoms with Gasteiger partial charge in [-0.3, -0.25) is 0 Å². The molecule has 5 heteroatoms. The SMILES string of the molecule is CCN1CCN(c2cc(CNC)c(Cl)cn2)CC1. The number of piperazine rings is 1. The van der Waals surface area contributed by atoms with Gasteiger partial charge in [0, 0.05) is 38.9 Å². The largest absolute Gasteiger partial charge is 0.354 e. The van der Waals surface area contributed by atoms with Crippen LogP contribution in [0.3, 0.4) is 0 Å². The van der Waals surface area contributed by atoms with E-state index in [1.165, 1.54) is 0 Å². The number of nitrogens with zero attached hydrogens (tertiary/aromatic N) is 3. The van der Waals surface area contributed by atoms with Gasteiger partial charge in [0.1, 0.15) is 5.82 Å². The van der Waals surface area contributed by atoms with Crippen molar-refractivity contribution in [1.82, 2.24) is 15.2 Å². The van der Waals surface area contributed by atoms with E-state index in [1.807, 2.05) is 7.05 Å². The zero-order chi connectivity index (χ0) is 13.0. The van der Waals surface area contributed by atoms with Crippen molar-refractivity contribution in [2.24, 2.45) is 0 Å². The Kier molecular flexibility index (Phi) is 4.80. The minimum Gasteiger partial charge on any atom is -0.354 e. The number of likely N-dealkylation sites (N-methyl/N-ethyl adjacent to an activating group) is 1. The van der Waals surface area contributed by atoms with Crippen LogP contribution in [0.1, 0.15) is 12.5 Å². The Morgan fingerprint density at radius 2 is 2.06 bits per heavy atom. The number of nitrogens with one attached hydrogen (secondary N) is 1. The standard InChI is InChI=1S/C13H21ClN4/c1-3-17-4-6-18(7-5-17)13-8-11(9-15-2)12(14)10-16-13/h8,10,15H,3-7,9H2,1-2H3. The van der Waals surface area contributed by atoms with E-state index in [1.54, 1.807) is 6.20 Å². The summed E-state index contributed by atoms with van der Waals surface area (Å²) in [4.78, 5) is 9.24. The van der Waals surface area contributed by atoms with Gasteiger partial charge in [-0.15, -0.1) is 0 Å². The molecule has 0 saturated carbocycles. The van der Waals surface area contributed by atoms with Crippen LogP contribution in [0.15, 0.2) is 12.3 Å². The lowest BCUT2D eigenvalue weighted by molar-refractivity contribution is 0.270. The fraction of sp³-hybridized carbons (Fsp3) is 0.615. The summed E-state index contributed by atoms with van der Waals surface area (Å²) in [6, 6.07) is 2.10. The van der Waals surface area contributed by atoms with Crippen molar-refractivity contribution in [1.29, 1.82) is 0 Å². The van der Waals surface area contributed by atoms with Crippen LogP contribution < -0.4 is 10.2 Å². The molecular formula is C13H21ClN4. The summed E-state index contributed by atoms with van der Waals surface area (Å²) in [6.07, 6.45) is 1.76. The van der Waals surface area contributed by atoms with Gasteiger partial charge in [0.15, 0.2) is 0 Å². The van der Waals surface area contributed by atoms with E-state index in [9.17, 15) is 0 Å². The van der Waals surface area contributed by atoms with Crippen LogP contribution in [0.4, 0.5) is 5.82 Å². The maximum absolute atomic E-state index is 6.13. The predicted octanol–water partition coefficient (Wildman–Crippen LogP) is 1.60. The monoisotopic (exact) mass is 268 g/mol. The number of anilines is 1. The Balaban J connectivity index is 2.07. The van der Waals surface area contributed by atoms with E-state index in [-0.39, 0.29) is 0 Å². The minimum absolute atomic E-state index is 0.736. The Morgan fingerprint density at radius 1 is 1.33 bits per heavy atom. The number of pyridine rings is 1. The molecule has 0 aliphatic carbocycles. The molecule has 1 saturated heterocycles. The van der Waals surface area contributed by atoms with Crippen molar-refractivity contribution in [3.8, 4) is 0 Å². The van der Waals surface area contributed by atoms with Crippen LogP contribution in [0.25, 0.3) is 0 Å². The van der Waals surface area contributed by atoms with Gasteiger partial charge < -0.3 is 15.1 Å². The molecule has 0 aromatic carbocycles. The highest BCUT2D eigenvalue weighted by Crippen LogP contribution is 2.21. The molecule has 1 aliphatic rings. The first-order valence-electron chi connectivity index (χ1n) is 6.51. The zero-order valence-corrected chi connectivity index (χ0v) is 11.9. The second-order valence-corrected chi connectivity index (χ2v) is 4.99. The second-order valence-electron chi connectivity index (χ2n) is 4.59. The lowest BCUT2D eigenvalue weighted by Gasteiger charge is -2.34. The molecule has 1 aromatic rings. The molecule has 1 aromatic heterocycles. The number of aromatic nitrogens is 1. The predicted molar refractivity (Wildman–Crippen MR) is 76.3 cm³/mol. The Morgan fingerprint density at radius 3 is 2.67 bits per heavy atom. The van der Waals surface area contributed by atoms with Crippen LogP contribution in [-0.2, 0) is 6.54 Å². The molecule has 0 atom stereocenters. The fourth-order valence-corrected chi connectivity index (χ4v) is 2.43. The highest BCUT2D eigenvalue weighted by atomic mass is 35.5. The maximum atomic E-state index is 6.13. The summed E-state index contributed by atoms with van der Waals surface area (Å²) in [6.45, 7) is 8.44. The quantitative estimate of drug-likeness (QED) is 0.899. The Bertz CT molecular complexity index is 389. The molecule has 2 heterocycles. The van der Waals surface area contributed by atoms with E-state index >= 15 is 0 Å². The smallest absolute Gasteiger partial charge is 0.128 e. The zero-order valence-electron chi connectivity index (χ0n) is 11.1. The first-order valence-corrected chi connectivity index (χ1v) is 6.88. The molecule has 0 radical (unpaired) electrons. The van der Waals surface area contributed by atoms with Crippen molar-refractivity contribution in [2.45, 2.75) is 13.5 Å². The normalized spacial score (nSPS) is 17.2. The van der Waals surface area contributed by atoms with E-state index in [0.717, 1.165) is 55.7 Å². The first-order chi connectivity index (χ1) is 8.74. The van der Waals surface area contributed by atoms with E-state index < -0.39 is 0 Å². The average molecular weight is 269 g/mol. The number of rotatable bonds is 4. The van der Waals surface area contributed by atoms with Gasteiger partial charge in [0.2, 0.25) is 0 Å². The number of hydrogen-bond donors (Lipinski definition) is 1. The molecule has 2 rings (SSSR count). The van der Waals surface area contributed by atoms with Crippen LogP contribution in [-0.4, -0.2) is 49.7 Å². The van der Waals surface area contributed by atoms with E-state index in [0.29, 0.717) is 0 Å². The Hall–Kier alpha value is -0.840. The molecule has 1 N–H and O–H groups in total. The van der Waals surface area contributed by atoms with Crippen molar-refractivity contribution in [3.05, 3.63) is 22.8 Å². The van der Waals surface area contributed by atoms with Crippen LogP contribution in [0.2, 0.25) is 5.02 Å². The second kappa shape index (κ2) is 6.36.